The second-order valence-electron chi connectivity index (χ2n) is 3.11. The first-order valence-electron chi connectivity index (χ1n) is 4.22. The van der Waals surface area contributed by atoms with Crippen molar-refractivity contribution in [3.63, 3.8) is 0 Å². The maximum atomic E-state index is 13.3. The van der Waals surface area contributed by atoms with Gasteiger partial charge >= 0.3 is 0 Å². The first-order valence-corrected chi connectivity index (χ1v) is 5.01. The average Bonchev–Trinajstić information content (AvgIpc) is 2.09. The molecule has 13 heavy (non-hydrogen) atoms. The molecule has 0 aliphatic rings. The monoisotopic (exact) mass is 245 g/mol. The molecule has 0 atom stereocenters. The van der Waals surface area contributed by atoms with Gasteiger partial charge in [-0.3, -0.25) is 0 Å². The van der Waals surface area contributed by atoms with Crippen molar-refractivity contribution in [2.45, 2.75) is 20.3 Å². The van der Waals surface area contributed by atoms with E-state index >= 15 is 0 Å². The highest BCUT2D eigenvalue weighted by Gasteiger charge is 2.09. The Hall–Kier alpha value is -0.410. The van der Waals surface area contributed by atoms with Crippen LogP contribution < -0.4 is 5.73 Å². The summed E-state index contributed by atoms with van der Waals surface area (Å²) < 4.78 is 14.1. The molecule has 0 heterocycles. The predicted octanol–water partition coefficient (Wildman–Crippen LogP) is 2.71. The number of hydrogen-bond donors (Lipinski definition) is 1. The van der Waals surface area contributed by atoms with E-state index in [2.05, 4.69) is 15.9 Å². The van der Waals surface area contributed by atoms with Gasteiger partial charge < -0.3 is 5.73 Å². The lowest BCUT2D eigenvalue weighted by molar-refractivity contribution is 0.613. The topological polar surface area (TPSA) is 26.0 Å². The van der Waals surface area contributed by atoms with Crippen LogP contribution in [0.25, 0.3) is 0 Å². The van der Waals surface area contributed by atoms with Gasteiger partial charge in [-0.25, -0.2) is 4.39 Å². The summed E-state index contributed by atoms with van der Waals surface area (Å²) in [4.78, 5) is 0. The molecule has 0 fully saturated rings. The molecule has 0 aliphatic heterocycles. The van der Waals surface area contributed by atoms with Crippen LogP contribution in [-0.4, -0.2) is 6.54 Å². The van der Waals surface area contributed by atoms with Gasteiger partial charge in [0.25, 0.3) is 0 Å². The Bertz CT molecular complexity index is 297. The van der Waals surface area contributed by atoms with Gasteiger partial charge in [-0.15, -0.1) is 0 Å². The molecule has 3 heteroatoms. The summed E-state index contributed by atoms with van der Waals surface area (Å²) in [5.74, 6) is -0.166. The van der Waals surface area contributed by atoms with E-state index in [0.717, 1.165) is 22.0 Å². The maximum Gasteiger partial charge on any atom is 0.127 e. The molecule has 0 unspecified atom stereocenters. The van der Waals surface area contributed by atoms with Crippen LogP contribution in [0.3, 0.4) is 0 Å². The lowest BCUT2D eigenvalue weighted by Crippen LogP contribution is -2.07. The van der Waals surface area contributed by atoms with Crippen LogP contribution in [0.5, 0.6) is 0 Å². The molecule has 0 aliphatic carbocycles. The predicted molar refractivity (Wildman–Crippen MR) is 56.3 cm³/mol. The maximum absolute atomic E-state index is 13.3. The molecule has 0 amide bonds. The quantitative estimate of drug-likeness (QED) is 0.853. The number of rotatable bonds is 2. The molecule has 0 aromatic heterocycles. The Kier molecular flexibility index (Phi) is 3.45. The van der Waals surface area contributed by atoms with E-state index in [9.17, 15) is 4.39 Å². The smallest absolute Gasteiger partial charge is 0.127 e. The Labute approximate surface area is 86.3 Å². The molecule has 1 aromatic carbocycles. The van der Waals surface area contributed by atoms with Crippen molar-refractivity contribution in [1.29, 1.82) is 0 Å². The van der Waals surface area contributed by atoms with E-state index in [-0.39, 0.29) is 5.82 Å². The number of benzene rings is 1. The van der Waals surface area contributed by atoms with Crippen LogP contribution in [-0.2, 0) is 6.42 Å². The van der Waals surface area contributed by atoms with E-state index in [1.165, 1.54) is 6.07 Å². The van der Waals surface area contributed by atoms with Crippen LogP contribution in [0, 0.1) is 19.7 Å². The van der Waals surface area contributed by atoms with E-state index < -0.39 is 0 Å². The summed E-state index contributed by atoms with van der Waals surface area (Å²) in [6.45, 7) is 4.32. The van der Waals surface area contributed by atoms with Crippen LogP contribution in [0.1, 0.15) is 16.7 Å². The van der Waals surface area contributed by atoms with E-state index in [0.29, 0.717) is 12.1 Å². The van der Waals surface area contributed by atoms with Crippen LogP contribution in [0.15, 0.2) is 10.5 Å². The fraction of sp³-hybridized carbons (Fsp3) is 0.400. The fourth-order valence-corrected chi connectivity index (χ4v) is 1.86. The molecule has 72 valence electrons. The van der Waals surface area contributed by atoms with Crippen molar-refractivity contribution in [2.24, 2.45) is 5.73 Å². The zero-order valence-corrected chi connectivity index (χ0v) is 9.41. The van der Waals surface area contributed by atoms with E-state index in [4.69, 9.17) is 5.73 Å². The third-order valence-corrected chi connectivity index (χ3v) is 3.09. The Morgan fingerprint density at radius 3 is 2.54 bits per heavy atom. The SMILES string of the molecule is Cc1c(F)cc(Br)c(C)c1CCN. The second-order valence-corrected chi connectivity index (χ2v) is 3.96. The Balaban J connectivity index is 3.28. The summed E-state index contributed by atoms with van der Waals surface area (Å²) in [6.07, 6.45) is 0.730. The Morgan fingerprint density at radius 1 is 1.38 bits per heavy atom. The minimum atomic E-state index is -0.166. The van der Waals surface area contributed by atoms with Crippen molar-refractivity contribution in [2.75, 3.05) is 6.54 Å². The number of halogens is 2. The molecular formula is C10H13BrFN. The van der Waals surface area contributed by atoms with E-state index in [1.807, 2.05) is 6.92 Å². The second kappa shape index (κ2) is 4.20. The molecule has 1 aromatic rings. The molecule has 0 bridgehead atoms. The standard InChI is InChI=1S/C10H13BrFN/c1-6-8(3-4-13)7(2)10(12)5-9(6)11/h5H,3-4,13H2,1-2H3. The molecule has 0 saturated carbocycles. The third-order valence-electron chi connectivity index (χ3n) is 2.27. The van der Waals surface area contributed by atoms with Gasteiger partial charge in [0.05, 0.1) is 0 Å². The summed E-state index contributed by atoms with van der Waals surface area (Å²) in [7, 11) is 0. The van der Waals surface area contributed by atoms with Crippen molar-refractivity contribution >= 4 is 15.9 Å². The number of nitrogens with two attached hydrogens (primary N) is 1. The average molecular weight is 246 g/mol. The van der Waals surface area contributed by atoms with Gasteiger partial charge in [0.1, 0.15) is 5.82 Å². The highest BCUT2D eigenvalue weighted by atomic mass is 79.9. The van der Waals surface area contributed by atoms with Crippen LogP contribution >= 0.6 is 15.9 Å². The van der Waals surface area contributed by atoms with Gasteiger partial charge in [-0.05, 0) is 49.6 Å². The van der Waals surface area contributed by atoms with Crippen molar-refractivity contribution in [3.05, 3.63) is 33.0 Å². The molecule has 2 N–H and O–H groups in total. The highest BCUT2D eigenvalue weighted by Crippen LogP contribution is 2.25. The molecule has 1 nitrogen and oxygen atoms in total. The van der Waals surface area contributed by atoms with Gasteiger partial charge in [-0.2, -0.15) is 0 Å². The fourth-order valence-electron chi connectivity index (χ4n) is 1.42. The summed E-state index contributed by atoms with van der Waals surface area (Å²) >= 11 is 3.32. The lowest BCUT2D eigenvalue weighted by atomic mass is 10.00. The lowest BCUT2D eigenvalue weighted by Gasteiger charge is -2.11. The minimum Gasteiger partial charge on any atom is -0.330 e. The molecular weight excluding hydrogens is 233 g/mol. The minimum absolute atomic E-state index is 0.166. The zero-order valence-electron chi connectivity index (χ0n) is 7.82. The summed E-state index contributed by atoms with van der Waals surface area (Å²) in [5.41, 5.74) is 8.28. The van der Waals surface area contributed by atoms with Gasteiger partial charge in [0.15, 0.2) is 0 Å². The summed E-state index contributed by atoms with van der Waals surface area (Å²) in [5, 5.41) is 0. The third kappa shape index (κ3) is 2.09. The highest BCUT2D eigenvalue weighted by molar-refractivity contribution is 9.10. The first-order chi connectivity index (χ1) is 6.07. The van der Waals surface area contributed by atoms with Crippen molar-refractivity contribution < 1.29 is 4.39 Å². The number of hydrogen-bond acceptors (Lipinski definition) is 1. The van der Waals surface area contributed by atoms with E-state index in [1.54, 1.807) is 6.92 Å². The summed E-state index contributed by atoms with van der Waals surface area (Å²) in [6, 6.07) is 1.50. The first kappa shape index (κ1) is 10.7. The normalized spacial score (nSPS) is 10.5. The van der Waals surface area contributed by atoms with Crippen molar-refractivity contribution in [1.82, 2.24) is 0 Å². The molecule has 1 rings (SSSR count). The van der Waals surface area contributed by atoms with Crippen LogP contribution in [0.4, 0.5) is 4.39 Å². The largest absolute Gasteiger partial charge is 0.330 e. The van der Waals surface area contributed by atoms with Crippen LogP contribution in [0.2, 0.25) is 0 Å². The molecule has 0 radical (unpaired) electrons. The van der Waals surface area contributed by atoms with Gasteiger partial charge in [0.2, 0.25) is 0 Å². The molecule has 0 spiro atoms. The zero-order chi connectivity index (χ0) is 10.0. The van der Waals surface area contributed by atoms with Gasteiger partial charge in [-0.1, -0.05) is 15.9 Å². The Morgan fingerprint density at radius 2 is 2.00 bits per heavy atom. The van der Waals surface area contributed by atoms with Crippen molar-refractivity contribution in [3.8, 4) is 0 Å². The van der Waals surface area contributed by atoms with Gasteiger partial charge in [0, 0.05) is 4.47 Å². The molecule has 0 saturated heterocycles.